The quantitative estimate of drug-likeness (QED) is 0.889. The highest BCUT2D eigenvalue weighted by atomic mass is 16.6. The predicted molar refractivity (Wildman–Crippen MR) is 72.4 cm³/mol. The number of rotatable bonds is 5. The van der Waals surface area contributed by atoms with E-state index in [1.54, 1.807) is 26.0 Å². The molecular weight excluding hydrogens is 246 g/mol. The molecule has 0 spiro atoms. The van der Waals surface area contributed by atoms with Gasteiger partial charge in [0, 0.05) is 12.2 Å². The van der Waals surface area contributed by atoms with E-state index >= 15 is 0 Å². The number of carbonyl (C=O) groups excluding carboxylic acids is 1. The number of carboxylic acids is 1. The molecule has 5 nitrogen and oxygen atoms in total. The van der Waals surface area contributed by atoms with E-state index in [1.807, 2.05) is 19.1 Å². The third kappa shape index (κ3) is 4.99. The fraction of sp³-hybridized carbons (Fsp3) is 0.429. The van der Waals surface area contributed by atoms with Gasteiger partial charge in [-0.2, -0.15) is 0 Å². The average Bonchev–Trinajstić information content (AvgIpc) is 2.30. The second-order valence-corrected chi connectivity index (χ2v) is 4.56. The van der Waals surface area contributed by atoms with Crippen LogP contribution in [0.2, 0.25) is 0 Å². The van der Waals surface area contributed by atoms with Crippen LogP contribution < -0.4 is 4.90 Å². The van der Waals surface area contributed by atoms with E-state index in [9.17, 15) is 9.59 Å². The van der Waals surface area contributed by atoms with Crippen molar-refractivity contribution in [3.8, 4) is 0 Å². The lowest BCUT2D eigenvalue weighted by molar-refractivity contribution is -0.136. The monoisotopic (exact) mass is 265 g/mol. The molecule has 0 aliphatic carbocycles. The van der Waals surface area contributed by atoms with Crippen molar-refractivity contribution in [3.05, 3.63) is 29.8 Å². The third-order valence-electron chi connectivity index (χ3n) is 2.45. The topological polar surface area (TPSA) is 66.8 Å². The van der Waals surface area contributed by atoms with Crippen molar-refractivity contribution < 1.29 is 19.4 Å². The minimum Gasteiger partial charge on any atom is -0.481 e. The first kappa shape index (κ1) is 15.0. The molecule has 1 N–H and O–H groups in total. The molecule has 1 rings (SSSR count). The zero-order chi connectivity index (χ0) is 14.4. The van der Waals surface area contributed by atoms with Gasteiger partial charge in [0.15, 0.2) is 0 Å². The van der Waals surface area contributed by atoms with E-state index in [2.05, 4.69) is 0 Å². The van der Waals surface area contributed by atoms with Gasteiger partial charge >= 0.3 is 12.1 Å². The Labute approximate surface area is 112 Å². The van der Waals surface area contributed by atoms with Gasteiger partial charge in [-0.3, -0.25) is 9.69 Å². The number of carbonyl (C=O) groups is 2. The van der Waals surface area contributed by atoms with Crippen LogP contribution in [0.15, 0.2) is 24.3 Å². The molecule has 0 fully saturated rings. The molecular formula is C14H19NO4. The maximum absolute atomic E-state index is 12.0. The number of aryl methyl sites for hydroxylation is 1. The predicted octanol–water partition coefficient (Wildman–Crippen LogP) is 2.82. The summed E-state index contributed by atoms with van der Waals surface area (Å²) < 4.78 is 5.12. The van der Waals surface area contributed by atoms with Crippen molar-refractivity contribution in [1.29, 1.82) is 0 Å². The van der Waals surface area contributed by atoms with E-state index in [-0.39, 0.29) is 19.1 Å². The first-order chi connectivity index (χ1) is 8.90. The standard InChI is InChI=1S/C14H19NO4/c1-10(2)19-14(18)15(9-8-13(16)17)12-6-4-11(3)5-7-12/h4-7,10H,8-9H2,1-3H3,(H,16,17). The van der Waals surface area contributed by atoms with Crippen LogP contribution in [0.5, 0.6) is 0 Å². The van der Waals surface area contributed by atoms with Crippen LogP contribution in [0.3, 0.4) is 0 Å². The molecule has 0 heterocycles. The van der Waals surface area contributed by atoms with Gasteiger partial charge < -0.3 is 9.84 Å². The van der Waals surface area contributed by atoms with Crippen LogP contribution in [0.25, 0.3) is 0 Å². The van der Waals surface area contributed by atoms with Gasteiger partial charge in [0.25, 0.3) is 0 Å². The number of benzene rings is 1. The number of aliphatic carboxylic acids is 1. The number of amides is 1. The van der Waals surface area contributed by atoms with Crippen LogP contribution >= 0.6 is 0 Å². The van der Waals surface area contributed by atoms with Crippen LogP contribution in [0.1, 0.15) is 25.8 Å². The van der Waals surface area contributed by atoms with Gasteiger partial charge in [-0.15, -0.1) is 0 Å². The summed E-state index contributed by atoms with van der Waals surface area (Å²) >= 11 is 0. The lowest BCUT2D eigenvalue weighted by atomic mass is 10.2. The van der Waals surface area contributed by atoms with Crippen LogP contribution in [0, 0.1) is 6.92 Å². The molecule has 0 saturated carbocycles. The number of ether oxygens (including phenoxy) is 1. The Balaban J connectivity index is 2.87. The van der Waals surface area contributed by atoms with E-state index in [4.69, 9.17) is 9.84 Å². The summed E-state index contributed by atoms with van der Waals surface area (Å²) in [6.07, 6.45) is -0.897. The van der Waals surface area contributed by atoms with E-state index in [0.29, 0.717) is 5.69 Å². The molecule has 19 heavy (non-hydrogen) atoms. The summed E-state index contributed by atoms with van der Waals surface area (Å²) in [4.78, 5) is 24.0. The molecule has 0 aliphatic heterocycles. The van der Waals surface area contributed by atoms with Gasteiger partial charge in [0.1, 0.15) is 0 Å². The zero-order valence-electron chi connectivity index (χ0n) is 11.4. The van der Waals surface area contributed by atoms with Gasteiger partial charge in [-0.05, 0) is 32.9 Å². The van der Waals surface area contributed by atoms with E-state index in [1.165, 1.54) is 4.90 Å². The fourth-order valence-electron chi connectivity index (χ4n) is 1.52. The first-order valence-electron chi connectivity index (χ1n) is 6.16. The highest BCUT2D eigenvalue weighted by Crippen LogP contribution is 2.17. The maximum atomic E-state index is 12.0. The Morgan fingerprint density at radius 2 is 1.84 bits per heavy atom. The Bertz CT molecular complexity index is 439. The average molecular weight is 265 g/mol. The first-order valence-corrected chi connectivity index (χ1v) is 6.16. The van der Waals surface area contributed by atoms with Crippen LogP contribution in [-0.2, 0) is 9.53 Å². The van der Waals surface area contributed by atoms with Gasteiger partial charge in [-0.25, -0.2) is 4.79 Å². The van der Waals surface area contributed by atoms with Crippen molar-refractivity contribution in [1.82, 2.24) is 0 Å². The Kier molecular flexibility index (Phi) is 5.36. The summed E-state index contributed by atoms with van der Waals surface area (Å²) in [5.41, 5.74) is 1.71. The van der Waals surface area contributed by atoms with E-state index < -0.39 is 12.1 Å². The number of anilines is 1. The van der Waals surface area contributed by atoms with Gasteiger partial charge in [-0.1, -0.05) is 17.7 Å². The molecule has 0 aromatic heterocycles. The third-order valence-corrected chi connectivity index (χ3v) is 2.45. The van der Waals surface area contributed by atoms with Gasteiger partial charge in [0.2, 0.25) is 0 Å². The summed E-state index contributed by atoms with van der Waals surface area (Å²) in [6.45, 7) is 5.53. The summed E-state index contributed by atoms with van der Waals surface area (Å²) in [6, 6.07) is 7.29. The van der Waals surface area contributed by atoms with Crippen molar-refractivity contribution in [2.75, 3.05) is 11.4 Å². The largest absolute Gasteiger partial charge is 0.481 e. The molecule has 104 valence electrons. The number of nitrogens with zero attached hydrogens (tertiary/aromatic N) is 1. The molecule has 1 aromatic carbocycles. The molecule has 0 bridgehead atoms. The van der Waals surface area contributed by atoms with Crippen molar-refractivity contribution in [3.63, 3.8) is 0 Å². The molecule has 5 heteroatoms. The van der Waals surface area contributed by atoms with E-state index in [0.717, 1.165) is 5.56 Å². The fourth-order valence-corrected chi connectivity index (χ4v) is 1.52. The molecule has 1 amide bonds. The van der Waals surface area contributed by atoms with Crippen molar-refractivity contribution in [2.45, 2.75) is 33.3 Å². The second-order valence-electron chi connectivity index (χ2n) is 4.56. The summed E-state index contributed by atoms with van der Waals surface area (Å²) in [5, 5.41) is 8.74. The Hall–Kier alpha value is -2.04. The number of hydrogen-bond acceptors (Lipinski definition) is 3. The summed E-state index contributed by atoms with van der Waals surface area (Å²) in [5.74, 6) is -0.950. The number of carboxylic acid groups (broad SMARTS) is 1. The molecule has 0 unspecified atom stereocenters. The SMILES string of the molecule is Cc1ccc(N(CCC(=O)O)C(=O)OC(C)C)cc1. The van der Waals surface area contributed by atoms with Crippen LogP contribution in [-0.4, -0.2) is 29.8 Å². The highest BCUT2D eigenvalue weighted by Gasteiger charge is 2.19. The highest BCUT2D eigenvalue weighted by molar-refractivity contribution is 5.88. The second kappa shape index (κ2) is 6.78. The Morgan fingerprint density at radius 1 is 1.26 bits per heavy atom. The molecule has 0 radical (unpaired) electrons. The molecule has 1 aromatic rings. The van der Waals surface area contributed by atoms with Gasteiger partial charge in [0.05, 0.1) is 12.5 Å². The van der Waals surface area contributed by atoms with Crippen LogP contribution in [0.4, 0.5) is 10.5 Å². The minimum atomic E-state index is -0.950. The Morgan fingerprint density at radius 3 is 2.32 bits per heavy atom. The lowest BCUT2D eigenvalue weighted by Crippen LogP contribution is -2.35. The number of hydrogen-bond donors (Lipinski definition) is 1. The van der Waals surface area contributed by atoms with Crippen molar-refractivity contribution >= 4 is 17.7 Å². The molecule has 0 saturated heterocycles. The molecule has 0 aliphatic rings. The van der Waals surface area contributed by atoms with Crippen molar-refractivity contribution in [2.24, 2.45) is 0 Å². The smallest absolute Gasteiger partial charge is 0.414 e. The minimum absolute atomic E-state index is 0.0872. The maximum Gasteiger partial charge on any atom is 0.414 e. The molecule has 0 atom stereocenters. The lowest BCUT2D eigenvalue weighted by Gasteiger charge is -2.23. The zero-order valence-corrected chi connectivity index (χ0v) is 11.4. The summed E-state index contributed by atoms with van der Waals surface area (Å²) in [7, 11) is 0. The normalized spacial score (nSPS) is 10.3.